The molecule has 0 aliphatic carbocycles. The standard InChI is InChI=1S/C24H17ClF6N2O2/c25-12-18-11-19(15-4-2-1-3-5-15)20-21(32-18)35-7-6-33(22(20)34)13-14-8-16(23(26,27)28)10-17(9-14)24(29,30)31/h1-5,8-11H,6-7,12-13H2. The molecule has 11 heteroatoms. The highest BCUT2D eigenvalue weighted by Crippen LogP contribution is 2.38. The van der Waals surface area contributed by atoms with Gasteiger partial charge in [-0.15, -0.1) is 11.6 Å². The van der Waals surface area contributed by atoms with Gasteiger partial charge in [0.2, 0.25) is 5.88 Å². The third-order valence-electron chi connectivity index (χ3n) is 5.38. The molecule has 0 bridgehead atoms. The summed E-state index contributed by atoms with van der Waals surface area (Å²) in [7, 11) is 0. The predicted octanol–water partition coefficient (Wildman–Crippen LogP) is 6.56. The zero-order valence-corrected chi connectivity index (χ0v) is 18.6. The molecule has 4 nitrogen and oxygen atoms in total. The number of alkyl halides is 7. The number of ether oxygens (including phenoxy) is 1. The molecule has 0 fully saturated rings. The fraction of sp³-hybridized carbons (Fsp3) is 0.250. The number of rotatable bonds is 4. The molecule has 2 aromatic carbocycles. The average Bonchev–Trinajstić information content (AvgIpc) is 2.96. The van der Waals surface area contributed by atoms with Gasteiger partial charge in [0.1, 0.15) is 12.2 Å². The Morgan fingerprint density at radius 1 is 0.943 bits per heavy atom. The van der Waals surface area contributed by atoms with Crippen molar-refractivity contribution in [3.8, 4) is 17.0 Å². The van der Waals surface area contributed by atoms with Crippen LogP contribution in [0.5, 0.6) is 5.88 Å². The number of benzene rings is 2. The molecular weight excluding hydrogens is 498 g/mol. The third-order valence-corrected chi connectivity index (χ3v) is 5.66. The first-order valence-electron chi connectivity index (χ1n) is 10.3. The molecule has 0 saturated heterocycles. The van der Waals surface area contributed by atoms with Gasteiger partial charge in [-0.05, 0) is 35.4 Å². The summed E-state index contributed by atoms with van der Waals surface area (Å²) in [6, 6.07) is 11.7. The summed E-state index contributed by atoms with van der Waals surface area (Å²) < 4.78 is 85.3. The molecule has 0 unspecified atom stereocenters. The smallest absolute Gasteiger partial charge is 0.416 e. The van der Waals surface area contributed by atoms with Crippen LogP contribution >= 0.6 is 11.6 Å². The molecule has 1 amide bonds. The van der Waals surface area contributed by atoms with Gasteiger partial charge in [-0.2, -0.15) is 26.3 Å². The maximum Gasteiger partial charge on any atom is 0.416 e. The Balaban J connectivity index is 1.77. The van der Waals surface area contributed by atoms with E-state index < -0.39 is 35.9 Å². The van der Waals surface area contributed by atoms with Crippen LogP contribution < -0.4 is 4.74 Å². The number of aromatic nitrogens is 1. The summed E-state index contributed by atoms with van der Waals surface area (Å²) >= 11 is 5.95. The summed E-state index contributed by atoms with van der Waals surface area (Å²) in [5, 5.41) is 0. The molecule has 0 saturated carbocycles. The van der Waals surface area contributed by atoms with E-state index in [9.17, 15) is 31.1 Å². The van der Waals surface area contributed by atoms with Gasteiger partial charge in [0.15, 0.2) is 0 Å². The van der Waals surface area contributed by atoms with Gasteiger partial charge in [-0.1, -0.05) is 30.3 Å². The van der Waals surface area contributed by atoms with Crippen molar-refractivity contribution in [2.75, 3.05) is 13.2 Å². The predicted molar refractivity (Wildman–Crippen MR) is 116 cm³/mol. The summed E-state index contributed by atoms with van der Waals surface area (Å²) in [6.07, 6.45) is -9.98. The quantitative estimate of drug-likeness (QED) is 0.292. The molecule has 0 atom stereocenters. The number of pyridine rings is 1. The Morgan fingerprint density at radius 3 is 2.14 bits per heavy atom. The molecule has 1 aliphatic heterocycles. The lowest BCUT2D eigenvalue weighted by atomic mass is 9.99. The SMILES string of the molecule is O=C1c2c(-c3ccccc3)cc(CCl)nc2OCCN1Cc1cc(C(F)(F)F)cc(C(F)(F)F)c1. The Hall–Kier alpha value is -3.27. The van der Waals surface area contributed by atoms with Crippen molar-refractivity contribution < 1.29 is 35.9 Å². The lowest BCUT2D eigenvalue weighted by Gasteiger charge is -2.22. The number of fused-ring (bicyclic) bond motifs is 1. The van der Waals surface area contributed by atoms with E-state index in [-0.39, 0.29) is 42.1 Å². The van der Waals surface area contributed by atoms with Crippen molar-refractivity contribution in [1.29, 1.82) is 0 Å². The summed E-state index contributed by atoms with van der Waals surface area (Å²) in [5.74, 6) is -0.579. The van der Waals surface area contributed by atoms with E-state index in [1.165, 1.54) is 0 Å². The lowest BCUT2D eigenvalue weighted by molar-refractivity contribution is -0.143. The molecule has 0 radical (unpaired) electrons. The Labute approximate surface area is 201 Å². The first kappa shape index (κ1) is 24.8. The maximum atomic E-state index is 13.5. The number of halogens is 7. The van der Waals surface area contributed by atoms with Crippen molar-refractivity contribution in [3.63, 3.8) is 0 Å². The van der Waals surface area contributed by atoms with Crippen LogP contribution in [0.2, 0.25) is 0 Å². The number of hydrogen-bond acceptors (Lipinski definition) is 3. The highest BCUT2D eigenvalue weighted by Gasteiger charge is 2.37. The van der Waals surface area contributed by atoms with Crippen molar-refractivity contribution in [1.82, 2.24) is 9.88 Å². The molecule has 184 valence electrons. The van der Waals surface area contributed by atoms with Crippen LogP contribution in [0.4, 0.5) is 26.3 Å². The van der Waals surface area contributed by atoms with Crippen molar-refractivity contribution in [3.05, 3.63) is 82.5 Å². The van der Waals surface area contributed by atoms with Gasteiger partial charge in [0.25, 0.3) is 5.91 Å². The van der Waals surface area contributed by atoms with E-state index in [0.717, 1.165) is 4.90 Å². The van der Waals surface area contributed by atoms with Gasteiger partial charge in [0.05, 0.1) is 29.2 Å². The fourth-order valence-electron chi connectivity index (χ4n) is 3.79. The van der Waals surface area contributed by atoms with E-state index in [1.807, 2.05) is 0 Å². The topological polar surface area (TPSA) is 42.4 Å². The van der Waals surface area contributed by atoms with Crippen molar-refractivity contribution in [2.45, 2.75) is 24.8 Å². The molecular formula is C24H17ClF6N2O2. The van der Waals surface area contributed by atoms with Crippen LogP contribution in [0.25, 0.3) is 11.1 Å². The van der Waals surface area contributed by atoms with Gasteiger partial charge in [-0.25, -0.2) is 4.98 Å². The van der Waals surface area contributed by atoms with E-state index in [2.05, 4.69) is 4.98 Å². The maximum absolute atomic E-state index is 13.5. The zero-order valence-electron chi connectivity index (χ0n) is 17.9. The van der Waals surface area contributed by atoms with Crippen LogP contribution in [0, 0.1) is 0 Å². The van der Waals surface area contributed by atoms with Crippen LogP contribution in [0.3, 0.4) is 0 Å². The summed E-state index contributed by atoms with van der Waals surface area (Å²) in [4.78, 5) is 18.9. The molecule has 1 aromatic heterocycles. The minimum atomic E-state index is -4.99. The monoisotopic (exact) mass is 514 g/mol. The summed E-state index contributed by atoms with van der Waals surface area (Å²) in [6.45, 7) is -0.617. The largest absolute Gasteiger partial charge is 0.475 e. The highest BCUT2D eigenvalue weighted by molar-refractivity contribution is 6.17. The first-order chi connectivity index (χ1) is 16.5. The number of carbonyl (C=O) groups is 1. The molecule has 2 heterocycles. The van der Waals surface area contributed by atoms with Gasteiger partial charge in [-0.3, -0.25) is 4.79 Å². The molecule has 0 N–H and O–H groups in total. The fourth-order valence-corrected chi connectivity index (χ4v) is 3.93. The van der Waals surface area contributed by atoms with Crippen LogP contribution in [0.15, 0.2) is 54.6 Å². The molecule has 0 spiro atoms. The van der Waals surface area contributed by atoms with E-state index in [4.69, 9.17) is 16.3 Å². The Morgan fingerprint density at radius 2 is 1.57 bits per heavy atom. The molecule has 4 rings (SSSR count). The number of nitrogens with zero attached hydrogens (tertiary/aromatic N) is 2. The van der Waals surface area contributed by atoms with Gasteiger partial charge < -0.3 is 9.64 Å². The lowest BCUT2D eigenvalue weighted by Crippen LogP contribution is -2.32. The van der Waals surface area contributed by atoms with Gasteiger partial charge in [0, 0.05) is 12.1 Å². The second-order valence-electron chi connectivity index (χ2n) is 7.83. The normalized spacial score (nSPS) is 14.4. The second kappa shape index (κ2) is 9.41. The molecule has 1 aliphatic rings. The Bertz CT molecular complexity index is 1210. The molecule has 35 heavy (non-hydrogen) atoms. The van der Waals surface area contributed by atoms with Crippen LogP contribution in [-0.2, 0) is 24.8 Å². The number of amides is 1. The van der Waals surface area contributed by atoms with Crippen LogP contribution in [-0.4, -0.2) is 28.9 Å². The minimum Gasteiger partial charge on any atom is -0.475 e. The first-order valence-corrected chi connectivity index (χ1v) is 10.9. The van der Waals surface area contributed by atoms with Crippen molar-refractivity contribution >= 4 is 17.5 Å². The number of hydrogen-bond donors (Lipinski definition) is 0. The third kappa shape index (κ3) is 5.37. The Kier molecular flexibility index (Phi) is 6.68. The second-order valence-corrected chi connectivity index (χ2v) is 8.10. The van der Waals surface area contributed by atoms with Gasteiger partial charge >= 0.3 is 12.4 Å². The highest BCUT2D eigenvalue weighted by atomic mass is 35.5. The summed E-state index contributed by atoms with van der Waals surface area (Å²) in [5.41, 5.74) is -1.60. The van der Waals surface area contributed by atoms with E-state index >= 15 is 0 Å². The number of carbonyl (C=O) groups excluding carboxylic acids is 1. The van der Waals surface area contributed by atoms with Crippen molar-refractivity contribution in [2.24, 2.45) is 0 Å². The minimum absolute atomic E-state index is 0.00882. The zero-order chi connectivity index (χ0) is 25.4. The van der Waals surface area contributed by atoms with E-state index in [0.29, 0.717) is 29.0 Å². The van der Waals surface area contributed by atoms with Crippen LogP contribution in [0.1, 0.15) is 32.7 Å². The average molecular weight is 515 g/mol. The van der Waals surface area contributed by atoms with E-state index in [1.54, 1.807) is 36.4 Å². The molecule has 3 aromatic rings.